The van der Waals surface area contributed by atoms with Crippen molar-refractivity contribution >= 4 is 11.6 Å². The molecular weight excluding hydrogens is 210 g/mol. The Morgan fingerprint density at radius 2 is 2.27 bits per heavy atom. The predicted molar refractivity (Wildman–Crippen MR) is 61.7 cm³/mol. The van der Waals surface area contributed by atoms with Gasteiger partial charge in [-0.15, -0.1) is 0 Å². The number of halogens is 1. The van der Waals surface area contributed by atoms with Crippen molar-refractivity contribution in [1.29, 1.82) is 0 Å². The maximum absolute atomic E-state index is 9.63. The average Bonchev–Trinajstić information content (AvgIpc) is 2.16. The van der Waals surface area contributed by atoms with Crippen LogP contribution in [0.25, 0.3) is 0 Å². The molecule has 2 N–H and O–H groups in total. The smallest absolute Gasteiger partial charge is 0.0763 e. The first-order chi connectivity index (χ1) is 7.15. The van der Waals surface area contributed by atoms with E-state index in [0.717, 1.165) is 16.3 Å². The lowest BCUT2D eigenvalue weighted by atomic mass is 9.97. The molecule has 1 aromatic carbocycles. The van der Waals surface area contributed by atoms with E-state index in [0.29, 0.717) is 6.42 Å². The maximum Gasteiger partial charge on any atom is 0.0763 e. The maximum atomic E-state index is 9.63. The Kier molecular flexibility index (Phi) is 2.98. The fourth-order valence-electron chi connectivity index (χ4n) is 1.92. The highest BCUT2D eigenvalue weighted by atomic mass is 35.5. The van der Waals surface area contributed by atoms with Gasteiger partial charge in [0.2, 0.25) is 0 Å². The van der Waals surface area contributed by atoms with Gasteiger partial charge in [-0.05, 0) is 30.7 Å². The molecule has 1 aromatic rings. The van der Waals surface area contributed by atoms with E-state index in [-0.39, 0.29) is 12.1 Å². The second kappa shape index (κ2) is 4.25. The summed E-state index contributed by atoms with van der Waals surface area (Å²) in [5, 5.41) is 13.7. The Labute approximate surface area is 94.6 Å². The molecule has 3 heteroatoms. The monoisotopic (exact) mass is 223 g/mol. The van der Waals surface area contributed by atoms with Crippen molar-refractivity contribution in [2.75, 3.05) is 0 Å². The summed E-state index contributed by atoms with van der Waals surface area (Å²) in [6.07, 6.45) is 2.16. The fraction of sp³-hybridized carbons (Fsp3) is 0.333. The lowest BCUT2D eigenvalue weighted by Crippen LogP contribution is -2.29. The molecule has 0 aromatic heterocycles. The zero-order chi connectivity index (χ0) is 10.8. The molecule has 0 amide bonds. The zero-order valence-corrected chi connectivity index (χ0v) is 9.33. The highest BCUT2D eigenvalue weighted by Crippen LogP contribution is 2.26. The van der Waals surface area contributed by atoms with Crippen LogP contribution >= 0.6 is 11.6 Å². The van der Waals surface area contributed by atoms with Crippen molar-refractivity contribution in [1.82, 2.24) is 5.32 Å². The number of hydrogen-bond donors (Lipinski definition) is 2. The average molecular weight is 224 g/mol. The van der Waals surface area contributed by atoms with Gasteiger partial charge in [-0.1, -0.05) is 23.7 Å². The number of allylic oxidation sites excluding steroid dienone is 1. The Hall–Kier alpha value is -0.990. The van der Waals surface area contributed by atoms with Crippen LogP contribution in [-0.4, -0.2) is 11.2 Å². The summed E-state index contributed by atoms with van der Waals surface area (Å²) in [6, 6.07) is 7.90. The van der Waals surface area contributed by atoms with E-state index < -0.39 is 0 Å². The van der Waals surface area contributed by atoms with Crippen molar-refractivity contribution in [2.45, 2.75) is 25.5 Å². The minimum absolute atomic E-state index is 0.156. The molecule has 0 fully saturated rings. The number of nitrogens with one attached hydrogen (secondary N) is 1. The molecule has 0 radical (unpaired) electrons. The summed E-state index contributed by atoms with van der Waals surface area (Å²) in [5.41, 5.74) is 2.13. The van der Waals surface area contributed by atoms with Gasteiger partial charge in [-0.2, -0.15) is 0 Å². The van der Waals surface area contributed by atoms with E-state index in [1.807, 2.05) is 37.3 Å². The van der Waals surface area contributed by atoms with Crippen LogP contribution in [0.3, 0.4) is 0 Å². The van der Waals surface area contributed by atoms with Crippen molar-refractivity contribution in [3.8, 4) is 0 Å². The van der Waals surface area contributed by atoms with E-state index in [1.165, 1.54) is 0 Å². The Balaban J connectivity index is 2.22. The van der Waals surface area contributed by atoms with Gasteiger partial charge >= 0.3 is 0 Å². The lowest BCUT2D eigenvalue weighted by molar-refractivity contribution is 0.186. The molecule has 0 aliphatic carbocycles. The van der Waals surface area contributed by atoms with Crippen LogP contribution < -0.4 is 5.32 Å². The third kappa shape index (κ3) is 2.52. The normalized spacial score (nSPS) is 25.7. The molecule has 0 spiro atoms. The predicted octanol–water partition coefficient (Wildman–Crippen LogP) is 2.64. The molecule has 80 valence electrons. The quantitative estimate of drug-likeness (QED) is 0.767. The Morgan fingerprint density at radius 1 is 1.47 bits per heavy atom. The Morgan fingerprint density at radius 3 is 2.93 bits per heavy atom. The van der Waals surface area contributed by atoms with Crippen LogP contribution in [-0.2, 0) is 0 Å². The molecule has 1 heterocycles. The summed E-state index contributed by atoms with van der Waals surface area (Å²) in [6.45, 7) is 1.96. The molecule has 0 bridgehead atoms. The lowest BCUT2D eigenvalue weighted by Gasteiger charge is -2.27. The molecule has 1 aliphatic rings. The third-order valence-electron chi connectivity index (χ3n) is 2.57. The van der Waals surface area contributed by atoms with E-state index in [1.54, 1.807) is 0 Å². The summed E-state index contributed by atoms with van der Waals surface area (Å²) < 4.78 is 0. The van der Waals surface area contributed by atoms with Gasteiger partial charge in [0.25, 0.3) is 0 Å². The topological polar surface area (TPSA) is 32.3 Å². The number of rotatable bonds is 1. The van der Waals surface area contributed by atoms with E-state index in [9.17, 15) is 5.11 Å². The Bertz CT molecular complexity index is 389. The molecule has 0 saturated carbocycles. The van der Waals surface area contributed by atoms with E-state index >= 15 is 0 Å². The van der Waals surface area contributed by atoms with Crippen LogP contribution in [0.1, 0.15) is 24.9 Å². The van der Waals surface area contributed by atoms with Crippen molar-refractivity contribution in [3.63, 3.8) is 0 Å². The van der Waals surface area contributed by atoms with Gasteiger partial charge in [0.15, 0.2) is 0 Å². The van der Waals surface area contributed by atoms with Crippen LogP contribution in [0.15, 0.2) is 36.0 Å². The molecule has 1 aliphatic heterocycles. The summed E-state index contributed by atoms with van der Waals surface area (Å²) >= 11 is 5.93. The minimum atomic E-state index is -0.366. The van der Waals surface area contributed by atoms with Gasteiger partial charge in [0, 0.05) is 17.1 Å². The van der Waals surface area contributed by atoms with Crippen molar-refractivity contribution in [2.24, 2.45) is 0 Å². The molecule has 2 nitrogen and oxygen atoms in total. The van der Waals surface area contributed by atoms with Gasteiger partial charge in [0.1, 0.15) is 0 Å². The molecule has 15 heavy (non-hydrogen) atoms. The largest absolute Gasteiger partial charge is 0.389 e. The minimum Gasteiger partial charge on any atom is -0.389 e. The molecule has 2 atom stereocenters. The SMILES string of the molecule is CC1=CC(O)CC(c2cccc(Cl)c2)N1. The summed E-state index contributed by atoms with van der Waals surface area (Å²) in [4.78, 5) is 0. The first-order valence-electron chi connectivity index (χ1n) is 5.03. The third-order valence-corrected chi connectivity index (χ3v) is 2.81. The molecular formula is C12H14ClNO. The van der Waals surface area contributed by atoms with Gasteiger partial charge in [0.05, 0.1) is 12.1 Å². The van der Waals surface area contributed by atoms with Crippen LogP contribution in [0.4, 0.5) is 0 Å². The van der Waals surface area contributed by atoms with E-state index in [2.05, 4.69) is 5.32 Å². The van der Waals surface area contributed by atoms with Crippen LogP contribution in [0.2, 0.25) is 5.02 Å². The number of benzene rings is 1. The zero-order valence-electron chi connectivity index (χ0n) is 8.57. The summed E-state index contributed by atoms with van der Waals surface area (Å²) in [5.74, 6) is 0. The number of hydrogen-bond acceptors (Lipinski definition) is 2. The first kappa shape index (κ1) is 10.5. The highest BCUT2D eigenvalue weighted by molar-refractivity contribution is 6.30. The highest BCUT2D eigenvalue weighted by Gasteiger charge is 2.19. The summed E-state index contributed by atoms with van der Waals surface area (Å²) in [7, 11) is 0. The second-order valence-electron chi connectivity index (χ2n) is 3.90. The number of aliphatic hydroxyl groups excluding tert-OH is 1. The fourth-order valence-corrected chi connectivity index (χ4v) is 2.12. The molecule has 0 saturated heterocycles. The van der Waals surface area contributed by atoms with Gasteiger partial charge in [-0.3, -0.25) is 0 Å². The van der Waals surface area contributed by atoms with Gasteiger partial charge in [-0.25, -0.2) is 0 Å². The second-order valence-corrected chi connectivity index (χ2v) is 4.34. The standard InChI is InChI=1S/C12H14ClNO/c1-8-5-11(15)7-12(14-8)9-3-2-4-10(13)6-9/h2-6,11-12,14-15H,7H2,1H3. The van der Waals surface area contributed by atoms with Crippen molar-refractivity contribution in [3.05, 3.63) is 46.6 Å². The molecule has 2 unspecified atom stereocenters. The van der Waals surface area contributed by atoms with E-state index in [4.69, 9.17) is 11.6 Å². The van der Waals surface area contributed by atoms with Crippen LogP contribution in [0, 0.1) is 0 Å². The first-order valence-corrected chi connectivity index (χ1v) is 5.41. The molecule has 2 rings (SSSR count). The number of aliphatic hydroxyl groups is 1. The van der Waals surface area contributed by atoms with Crippen molar-refractivity contribution < 1.29 is 5.11 Å². The van der Waals surface area contributed by atoms with Gasteiger partial charge < -0.3 is 10.4 Å². The van der Waals surface area contributed by atoms with Crippen LogP contribution in [0.5, 0.6) is 0 Å².